The number of ether oxygens (including phenoxy) is 1. The van der Waals surface area contributed by atoms with E-state index in [1.54, 1.807) is 24.5 Å². The van der Waals surface area contributed by atoms with Crippen LogP contribution < -0.4 is 16.8 Å². The lowest BCUT2D eigenvalue weighted by molar-refractivity contribution is -0.114. The number of H-pyrrole nitrogens is 1. The fraction of sp³-hybridized carbons (Fsp3) is 0.133. The Morgan fingerprint density at radius 2 is 2.13 bits per heavy atom. The van der Waals surface area contributed by atoms with Gasteiger partial charge in [-0.05, 0) is 17.2 Å². The van der Waals surface area contributed by atoms with Crippen LogP contribution in [0.1, 0.15) is 22.3 Å². The average molecular weight is 314 g/mol. The molecular weight excluding hydrogens is 300 g/mol. The third-order valence-electron chi connectivity index (χ3n) is 3.62. The third kappa shape index (κ3) is 2.61. The maximum atomic E-state index is 11.6. The van der Waals surface area contributed by atoms with Gasteiger partial charge in [0.2, 0.25) is 0 Å². The molecule has 8 heteroatoms. The zero-order chi connectivity index (χ0) is 16.6. The molecule has 2 aromatic rings. The van der Waals surface area contributed by atoms with Gasteiger partial charge in [0.25, 0.3) is 5.91 Å². The van der Waals surface area contributed by atoms with Crippen LogP contribution in [-0.4, -0.2) is 29.3 Å². The maximum absolute atomic E-state index is 11.6. The summed E-state index contributed by atoms with van der Waals surface area (Å²) in [5, 5.41) is 2.91. The van der Waals surface area contributed by atoms with E-state index in [9.17, 15) is 14.4 Å². The molecule has 0 aliphatic carbocycles. The normalized spacial score (nSPS) is 16.7. The van der Waals surface area contributed by atoms with Gasteiger partial charge in [0.05, 0.1) is 11.8 Å². The first kappa shape index (κ1) is 14.6. The lowest BCUT2D eigenvalue weighted by Gasteiger charge is -2.02. The maximum Gasteiger partial charge on any atom is 0.317 e. The number of hydrogen-bond donors (Lipinski definition) is 4. The molecular formula is C15H14N4O4. The van der Waals surface area contributed by atoms with E-state index in [2.05, 4.69) is 10.3 Å². The van der Waals surface area contributed by atoms with E-state index in [1.165, 1.54) is 0 Å². The first-order chi connectivity index (χ1) is 11.0. The van der Waals surface area contributed by atoms with Crippen LogP contribution >= 0.6 is 0 Å². The SMILES string of the molecule is NC(=O)Nc1[nH]c2cc(C3=COC(C=O)C3)ccc2c1C(N)=O. The molecule has 1 atom stereocenters. The minimum atomic E-state index is -0.806. The molecule has 0 fully saturated rings. The van der Waals surface area contributed by atoms with Crippen LogP contribution in [0.25, 0.3) is 16.5 Å². The minimum Gasteiger partial charge on any atom is -0.490 e. The molecule has 23 heavy (non-hydrogen) atoms. The average Bonchev–Trinajstić information content (AvgIpc) is 3.09. The second kappa shape index (κ2) is 5.48. The van der Waals surface area contributed by atoms with Crippen LogP contribution in [0.15, 0.2) is 24.5 Å². The molecule has 1 aromatic heterocycles. The Labute approximate surface area is 130 Å². The van der Waals surface area contributed by atoms with Gasteiger partial charge in [-0.15, -0.1) is 0 Å². The molecule has 0 saturated heterocycles. The number of nitrogens with one attached hydrogen (secondary N) is 2. The number of carbonyl (C=O) groups is 3. The summed E-state index contributed by atoms with van der Waals surface area (Å²) in [6, 6.07) is 4.48. The highest BCUT2D eigenvalue weighted by molar-refractivity contribution is 6.13. The van der Waals surface area contributed by atoms with Crippen molar-refractivity contribution in [3.8, 4) is 0 Å². The molecule has 6 N–H and O–H groups in total. The van der Waals surface area contributed by atoms with E-state index in [-0.39, 0.29) is 11.4 Å². The Bertz CT molecular complexity index is 853. The number of benzene rings is 1. The van der Waals surface area contributed by atoms with E-state index in [0.717, 1.165) is 17.4 Å². The van der Waals surface area contributed by atoms with Gasteiger partial charge < -0.3 is 21.2 Å². The topological polar surface area (TPSA) is 140 Å². The van der Waals surface area contributed by atoms with Crippen molar-refractivity contribution in [3.63, 3.8) is 0 Å². The highest BCUT2D eigenvalue weighted by atomic mass is 16.5. The molecule has 1 aliphatic rings. The molecule has 0 saturated carbocycles. The Kier molecular flexibility index (Phi) is 3.49. The number of primary amides is 2. The summed E-state index contributed by atoms with van der Waals surface area (Å²) >= 11 is 0. The number of hydrogen-bond acceptors (Lipinski definition) is 4. The summed E-state index contributed by atoms with van der Waals surface area (Å²) in [5.41, 5.74) is 12.9. The predicted molar refractivity (Wildman–Crippen MR) is 83.6 cm³/mol. The van der Waals surface area contributed by atoms with Gasteiger partial charge in [-0.2, -0.15) is 0 Å². The Morgan fingerprint density at radius 3 is 2.74 bits per heavy atom. The molecule has 1 unspecified atom stereocenters. The van der Waals surface area contributed by atoms with Gasteiger partial charge in [0.15, 0.2) is 12.4 Å². The molecule has 1 aromatic carbocycles. The molecule has 118 valence electrons. The first-order valence-corrected chi connectivity index (χ1v) is 6.81. The molecule has 0 spiro atoms. The number of aromatic nitrogens is 1. The van der Waals surface area contributed by atoms with Crippen molar-refractivity contribution < 1.29 is 19.1 Å². The fourth-order valence-corrected chi connectivity index (χ4v) is 2.62. The summed E-state index contributed by atoms with van der Waals surface area (Å²) in [6.45, 7) is 0. The number of anilines is 1. The van der Waals surface area contributed by atoms with E-state index in [0.29, 0.717) is 17.3 Å². The zero-order valence-corrected chi connectivity index (χ0v) is 12.0. The first-order valence-electron chi connectivity index (χ1n) is 6.81. The summed E-state index contributed by atoms with van der Waals surface area (Å²) in [5.74, 6) is -0.531. The fourth-order valence-electron chi connectivity index (χ4n) is 2.62. The molecule has 8 nitrogen and oxygen atoms in total. The van der Waals surface area contributed by atoms with Crippen LogP contribution in [0.5, 0.6) is 0 Å². The van der Waals surface area contributed by atoms with Crippen molar-refractivity contribution in [1.29, 1.82) is 0 Å². The van der Waals surface area contributed by atoms with Crippen LogP contribution in [-0.2, 0) is 9.53 Å². The molecule has 2 heterocycles. The van der Waals surface area contributed by atoms with Crippen LogP contribution in [0.2, 0.25) is 0 Å². The summed E-state index contributed by atoms with van der Waals surface area (Å²) < 4.78 is 5.21. The van der Waals surface area contributed by atoms with Crippen LogP contribution in [0.4, 0.5) is 10.6 Å². The molecule has 3 rings (SSSR count). The van der Waals surface area contributed by atoms with Crippen molar-refractivity contribution >= 4 is 40.5 Å². The largest absolute Gasteiger partial charge is 0.490 e. The zero-order valence-electron chi connectivity index (χ0n) is 12.0. The molecule has 1 aliphatic heterocycles. The summed E-state index contributed by atoms with van der Waals surface area (Å²) in [7, 11) is 0. The molecule has 3 amide bonds. The van der Waals surface area contributed by atoms with Crippen molar-refractivity contribution in [3.05, 3.63) is 35.6 Å². The summed E-state index contributed by atoms with van der Waals surface area (Å²) in [4.78, 5) is 36.4. The lowest BCUT2D eigenvalue weighted by Crippen LogP contribution is -2.22. The quantitative estimate of drug-likeness (QED) is 0.627. The second-order valence-electron chi connectivity index (χ2n) is 5.15. The monoisotopic (exact) mass is 314 g/mol. The van der Waals surface area contributed by atoms with E-state index < -0.39 is 18.0 Å². The van der Waals surface area contributed by atoms with Crippen LogP contribution in [0.3, 0.4) is 0 Å². The summed E-state index contributed by atoms with van der Waals surface area (Å²) in [6.07, 6.45) is 2.29. The number of aldehydes is 1. The smallest absolute Gasteiger partial charge is 0.317 e. The number of nitrogens with two attached hydrogens (primary N) is 2. The molecule has 0 radical (unpaired) electrons. The second-order valence-corrected chi connectivity index (χ2v) is 5.15. The Morgan fingerprint density at radius 1 is 1.35 bits per heavy atom. The van der Waals surface area contributed by atoms with E-state index >= 15 is 0 Å². The van der Waals surface area contributed by atoms with Gasteiger partial charge in [-0.3, -0.25) is 14.9 Å². The number of amides is 3. The number of fused-ring (bicyclic) bond motifs is 1. The van der Waals surface area contributed by atoms with Gasteiger partial charge in [0, 0.05) is 17.3 Å². The van der Waals surface area contributed by atoms with Gasteiger partial charge in [0.1, 0.15) is 5.82 Å². The van der Waals surface area contributed by atoms with Crippen molar-refractivity contribution in [2.45, 2.75) is 12.5 Å². The predicted octanol–water partition coefficient (Wildman–Crippen LogP) is 1.09. The minimum absolute atomic E-state index is 0.152. The number of urea groups is 1. The lowest BCUT2D eigenvalue weighted by atomic mass is 10.0. The van der Waals surface area contributed by atoms with Gasteiger partial charge in [-0.25, -0.2) is 4.79 Å². The van der Waals surface area contributed by atoms with E-state index in [1.807, 2.05) is 0 Å². The van der Waals surface area contributed by atoms with Crippen LogP contribution in [0, 0.1) is 0 Å². The third-order valence-corrected chi connectivity index (χ3v) is 3.62. The Hall–Kier alpha value is -3.29. The van der Waals surface area contributed by atoms with Crippen molar-refractivity contribution in [1.82, 2.24) is 4.98 Å². The van der Waals surface area contributed by atoms with Gasteiger partial charge >= 0.3 is 6.03 Å². The Balaban J connectivity index is 2.05. The van der Waals surface area contributed by atoms with Crippen molar-refractivity contribution in [2.75, 3.05) is 5.32 Å². The van der Waals surface area contributed by atoms with E-state index in [4.69, 9.17) is 16.2 Å². The number of rotatable bonds is 4. The highest BCUT2D eigenvalue weighted by Gasteiger charge is 2.21. The number of aromatic amines is 1. The standard InChI is InChI=1S/C15H14N4O4/c16-13(21)12-10-2-1-7(8-3-9(5-20)23-6-8)4-11(10)18-14(12)19-15(17)22/h1-2,4-6,9,18H,3H2,(H2,16,21)(H3,17,19,22). The van der Waals surface area contributed by atoms with Crippen molar-refractivity contribution in [2.24, 2.45) is 11.5 Å². The van der Waals surface area contributed by atoms with Gasteiger partial charge in [-0.1, -0.05) is 12.1 Å². The number of carbonyl (C=O) groups excluding carboxylic acids is 3. The highest BCUT2D eigenvalue weighted by Crippen LogP contribution is 2.32. The molecule has 0 bridgehead atoms.